The standard InChI is InChI=1S/C23H18/c1-23-18-12-6-4-10-16(18)20-14-8-2-3-9-15(14)21(22(20)23)17-11-5-7-13-19(17)23/h2-13,20-22H,1H3. The molecule has 0 N–H and O–H groups in total. The van der Waals surface area contributed by atoms with Crippen molar-refractivity contribution in [3.63, 3.8) is 0 Å². The Hall–Kier alpha value is -2.34. The summed E-state index contributed by atoms with van der Waals surface area (Å²) < 4.78 is 0. The molecule has 0 amide bonds. The highest BCUT2D eigenvalue weighted by Gasteiger charge is 2.62. The molecule has 2 atom stereocenters. The van der Waals surface area contributed by atoms with E-state index in [2.05, 4.69) is 79.7 Å². The lowest BCUT2D eigenvalue weighted by atomic mass is 9.73. The molecule has 0 aliphatic heterocycles. The van der Waals surface area contributed by atoms with Crippen molar-refractivity contribution in [2.24, 2.45) is 5.92 Å². The average Bonchev–Trinajstić information content (AvgIpc) is 3.17. The predicted molar refractivity (Wildman–Crippen MR) is 93.0 cm³/mol. The monoisotopic (exact) mass is 294 g/mol. The fraction of sp³-hybridized carbons (Fsp3) is 0.217. The van der Waals surface area contributed by atoms with Crippen LogP contribution in [0.25, 0.3) is 0 Å². The lowest BCUT2D eigenvalue weighted by molar-refractivity contribution is 0.378. The van der Waals surface area contributed by atoms with Gasteiger partial charge in [0.25, 0.3) is 0 Å². The van der Waals surface area contributed by atoms with Gasteiger partial charge in [0, 0.05) is 17.3 Å². The minimum Gasteiger partial charge on any atom is -0.0620 e. The van der Waals surface area contributed by atoms with E-state index in [1.807, 2.05) is 0 Å². The van der Waals surface area contributed by atoms with Gasteiger partial charge in [0.05, 0.1) is 0 Å². The van der Waals surface area contributed by atoms with Crippen LogP contribution in [0.5, 0.6) is 0 Å². The molecule has 3 aliphatic rings. The van der Waals surface area contributed by atoms with Crippen molar-refractivity contribution < 1.29 is 0 Å². The van der Waals surface area contributed by atoms with Crippen molar-refractivity contribution >= 4 is 0 Å². The number of benzene rings is 3. The molecule has 3 aliphatic carbocycles. The lowest BCUT2D eigenvalue weighted by Gasteiger charge is -2.28. The second-order valence-corrected chi connectivity index (χ2v) is 7.49. The summed E-state index contributed by atoms with van der Waals surface area (Å²) in [5, 5.41) is 0. The smallest absolute Gasteiger partial charge is 0.0226 e. The molecule has 3 aromatic rings. The second kappa shape index (κ2) is 3.76. The largest absolute Gasteiger partial charge is 0.0620 e. The van der Waals surface area contributed by atoms with Crippen molar-refractivity contribution in [1.82, 2.24) is 0 Å². The van der Waals surface area contributed by atoms with Gasteiger partial charge in [0.15, 0.2) is 0 Å². The normalized spacial score (nSPS) is 31.4. The Balaban J connectivity index is 1.81. The molecule has 0 spiro atoms. The van der Waals surface area contributed by atoms with E-state index >= 15 is 0 Å². The summed E-state index contributed by atoms with van der Waals surface area (Å²) in [7, 11) is 0. The SMILES string of the molecule is CC12c3ccccc3C3c4ccccc4C(c4ccccc41)C32. The highest BCUT2D eigenvalue weighted by Crippen LogP contribution is 2.71. The first-order chi connectivity index (χ1) is 11.3. The zero-order valence-electron chi connectivity index (χ0n) is 13.2. The van der Waals surface area contributed by atoms with Crippen LogP contribution < -0.4 is 0 Å². The molecule has 2 unspecified atom stereocenters. The Bertz CT molecular complexity index is 891. The molecule has 0 heterocycles. The third-order valence-corrected chi connectivity index (χ3v) is 6.76. The van der Waals surface area contributed by atoms with Crippen molar-refractivity contribution in [3.8, 4) is 0 Å². The van der Waals surface area contributed by atoms with Gasteiger partial charge >= 0.3 is 0 Å². The zero-order chi connectivity index (χ0) is 15.2. The van der Waals surface area contributed by atoms with Crippen molar-refractivity contribution in [1.29, 1.82) is 0 Å². The molecule has 6 rings (SSSR count). The van der Waals surface area contributed by atoms with E-state index < -0.39 is 0 Å². The topological polar surface area (TPSA) is 0 Å². The summed E-state index contributed by atoms with van der Waals surface area (Å²) in [6.07, 6.45) is 0. The summed E-state index contributed by atoms with van der Waals surface area (Å²) in [4.78, 5) is 0. The zero-order valence-corrected chi connectivity index (χ0v) is 13.2. The summed E-state index contributed by atoms with van der Waals surface area (Å²) in [6, 6.07) is 27.5. The van der Waals surface area contributed by atoms with Crippen LogP contribution in [-0.4, -0.2) is 0 Å². The highest BCUT2D eigenvalue weighted by molar-refractivity contribution is 5.68. The van der Waals surface area contributed by atoms with Crippen LogP contribution in [0.4, 0.5) is 0 Å². The molecule has 3 aromatic carbocycles. The van der Waals surface area contributed by atoms with E-state index in [1.165, 1.54) is 0 Å². The maximum absolute atomic E-state index is 2.49. The lowest BCUT2D eigenvalue weighted by Crippen LogP contribution is -2.26. The summed E-state index contributed by atoms with van der Waals surface area (Å²) in [5.74, 6) is 1.77. The third-order valence-electron chi connectivity index (χ3n) is 6.76. The first-order valence-electron chi connectivity index (χ1n) is 8.59. The maximum atomic E-state index is 2.49. The fourth-order valence-electron chi connectivity index (χ4n) is 6.03. The average molecular weight is 294 g/mol. The van der Waals surface area contributed by atoms with Crippen molar-refractivity contribution in [2.75, 3.05) is 0 Å². The number of rotatable bonds is 0. The van der Waals surface area contributed by atoms with Gasteiger partial charge in [0.1, 0.15) is 0 Å². The third kappa shape index (κ3) is 1.16. The van der Waals surface area contributed by atoms with Gasteiger partial charge in [0.2, 0.25) is 0 Å². The van der Waals surface area contributed by atoms with Crippen LogP contribution in [0, 0.1) is 5.92 Å². The van der Waals surface area contributed by atoms with Crippen LogP contribution in [0.1, 0.15) is 52.1 Å². The van der Waals surface area contributed by atoms with Gasteiger partial charge < -0.3 is 0 Å². The maximum Gasteiger partial charge on any atom is 0.0226 e. The molecule has 0 aromatic heterocycles. The predicted octanol–water partition coefficient (Wildman–Crippen LogP) is 5.21. The Labute approximate surface area is 136 Å². The number of fused-ring (bicyclic) bond motifs is 9. The Kier molecular flexibility index (Phi) is 1.98. The molecular formula is C23H18. The van der Waals surface area contributed by atoms with E-state index in [9.17, 15) is 0 Å². The first-order valence-corrected chi connectivity index (χ1v) is 8.59. The van der Waals surface area contributed by atoms with Gasteiger partial charge in [-0.1, -0.05) is 79.7 Å². The quantitative estimate of drug-likeness (QED) is 0.533. The van der Waals surface area contributed by atoms with Crippen LogP contribution in [0.3, 0.4) is 0 Å². The molecule has 0 radical (unpaired) electrons. The van der Waals surface area contributed by atoms with E-state index in [0.29, 0.717) is 17.8 Å². The molecule has 0 heteroatoms. The Morgan fingerprint density at radius 2 is 0.957 bits per heavy atom. The molecule has 23 heavy (non-hydrogen) atoms. The van der Waals surface area contributed by atoms with E-state index in [4.69, 9.17) is 0 Å². The minimum absolute atomic E-state index is 0.154. The van der Waals surface area contributed by atoms with E-state index in [-0.39, 0.29) is 5.41 Å². The molecule has 0 saturated heterocycles. The second-order valence-electron chi connectivity index (χ2n) is 7.49. The van der Waals surface area contributed by atoms with Gasteiger partial charge in [-0.2, -0.15) is 0 Å². The molecule has 0 nitrogen and oxygen atoms in total. The van der Waals surface area contributed by atoms with Crippen molar-refractivity contribution in [3.05, 3.63) is 106 Å². The van der Waals surface area contributed by atoms with E-state index in [1.54, 1.807) is 33.4 Å². The van der Waals surface area contributed by atoms with Crippen LogP contribution >= 0.6 is 0 Å². The molecule has 0 bridgehead atoms. The van der Waals surface area contributed by atoms with Gasteiger partial charge in [-0.25, -0.2) is 0 Å². The molecule has 110 valence electrons. The number of hydrogen-bond acceptors (Lipinski definition) is 0. The molecular weight excluding hydrogens is 276 g/mol. The van der Waals surface area contributed by atoms with E-state index in [0.717, 1.165) is 0 Å². The van der Waals surface area contributed by atoms with Crippen molar-refractivity contribution in [2.45, 2.75) is 24.2 Å². The van der Waals surface area contributed by atoms with Gasteiger partial charge in [-0.3, -0.25) is 0 Å². The van der Waals surface area contributed by atoms with Crippen LogP contribution in [-0.2, 0) is 5.41 Å². The molecule has 0 fully saturated rings. The summed E-state index contributed by atoms with van der Waals surface area (Å²) in [5.41, 5.74) is 9.51. The highest BCUT2D eigenvalue weighted by atomic mass is 14.6. The van der Waals surface area contributed by atoms with Crippen LogP contribution in [0.15, 0.2) is 72.8 Å². The Morgan fingerprint density at radius 3 is 1.43 bits per heavy atom. The number of hydrogen-bond donors (Lipinski definition) is 0. The minimum atomic E-state index is 0.154. The van der Waals surface area contributed by atoms with Gasteiger partial charge in [-0.05, 0) is 39.3 Å². The summed E-state index contributed by atoms with van der Waals surface area (Å²) in [6.45, 7) is 2.49. The van der Waals surface area contributed by atoms with Gasteiger partial charge in [-0.15, -0.1) is 0 Å². The molecule has 0 saturated carbocycles. The first kappa shape index (κ1) is 12.1. The van der Waals surface area contributed by atoms with Crippen LogP contribution in [0.2, 0.25) is 0 Å². The fourth-order valence-corrected chi connectivity index (χ4v) is 6.03. The Morgan fingerprint density at radius 1 is 0.565 bits per heavy atom. The summed E-state index contributed by atoms with van der Waals surface area (Å²) >= 11 is 0.